The predicted octanol–water partition coefficient (Wildman–Crippen LogP) is 3.23. The average Bonchev–Trinajstić information content (AvgIpc) is 2.51. The van der Waals surface area contributed by atoms with Crippen molar-refractivity contribution in [1.29, 1.82) is 0 Å². The van der Waals surface area contributed by atoms with Gasteiger partial charge >= 0.3 is 8.25 Å². The molecule has 0 aliphatic carbocycles. The molecule has 1 heterocycles. The highest BCUT2D eigenvalue weighted by Gasteiger charge is 2.19. The Balaban J connectivity index is 0.000000262. The van der Waals surface area contributed by atoms with Crippen LogP contribution in [0.4, 0.5) is 0 Å². The van der Waals surface area contributed by atoms with Crippen molar-refractivity contribution >= 4 is 15.4 Å². The quantitative estimate of drug-likeness (QED) is 0.618. The fraction of sp³-hybridized carbons (Fsp3) is 1.00. The summed E-state index contributed by atoms with van der Waals surface area (Å²) in [6, 6.07) is 0. The van der Waals surface area contributed by atoms with Crippen LogP contribution in [0, 0.1) is 0 Å². The van der Waals surface area contributed by atoms with Crippen LogP contribution in [0.5, 0.6) is 0 Å². The molecule has 1 aliphatic rings. The Morgan fingerprint density at radius 3 is 2.20 bits per heavy atom. The summed E-state index contributed by atoms with van der Waals surface area (Å²) in [6.07, 6.45) is 6.26. The first kappa shape index (κ1) is 15.2. The van der Waals surface area contributed by atoms with Crippen molar-refractivity contribution in [2.45, 2.75) is 32.6 Å². The van der Waals surface area contributed by atoms with Crippen LogP contribution in [0.3, 0.4) is 0 Å². The van der Waals surface area contributed by atoms with Gasteiger partial charge in [0, 0.05) is 16.9 Å². The molecule has 1 rings (SSSR count). The smallest absolute Gasteiger partial charge is 0.324 e. The van der Waals surface area contributed by atoms with Gasteiger partial charge in [0.2, 0.25) is 0 Å². The van der Waals surface area contributed by atoms with Crippen LogP contribution in [0.1, 0.15) is 32.6 Å². The minimum atomic E-state index is -2.36. The Labute approximate surface area is 92.7 Å². The number of unbranched alkanes of at least 4 members (excludes halogenated alkanes) is 1. The molecule has 90 valence electrons. The lowest BCUT2D eigenvalue weighted by Gasteiger charge is -1.96. The molecule has 6 heteroatoms. The Morgan fingerprint density at radius 1 is 1.40 bits per heavy atom. The molecule has 0 spiro atoms. The summed E-state index contributed by atoms with van der Waals surface area (Å²) in [6.45, 7) is 4.30. The van der Waals surface area contributed by atoms with E-state index in [-0.39, 0.29) is 0 Å². The van der Waals surface area contributed by atoms with Crippen LogP contribution in [-0.2, 0) is 13.7 Å². The first-order valence-electron chi connectivity index (χ1n) is 5.32. The molecule has 1 unspecified atom stereocenters. The third-order valence-corrected chi connectivity index (χ3v) is 5.14. The summed E-state index contributed by atoms with van der Waals surface area (Å²) in [4.78, 5) is 8.07. The Kier molecular flexibility index (Phi) is 8.55. The van der Waals surface area contributed by atoms with Gasteiger partial charge in [0.05, 0.1) is 7.14 Å². The van der Waals surface area contributed by atoms with E-state index in [1.807, 2.05) is 13.6 Å². The van der Waals surface area contributed by atoms with Crippen LogP contribution in [0.25, 0.3) is 0 Å². The molecular formula is C9H21O4P2+. The molecule has 0 aromatic carbocycles. The Bertz CT molecular complexity index is 220. The summed E-state index contributed by atoms with van der Waals surface area (Å²) in [5.41, 5.74) is 0. The highest BCUT2D eigenvalue weighted by atomic mass is 31.2. The molecule has 0 aromatic heterocycles. The molecule has 0 bridgehead atoms. The zero-order chi connectivity index (χ0) is 11.7. The van der Waals surface area contributed by atoms with Crippen molar-refractivity contribution in [3.05, 3.63) is 0 Å². The summed E-state index contributed by atoms with van der Waals surface area (Å²) >= 11 is 0. The van der Waals surface area contributed by atoms with E-state index in [0.29, 0.717) is 6.61 Å². The van der Waals surface area contributed by atoms with Crippen molar-refractivity contribution in [2.24, 2.45) is 0 Å². The fourth-order valence-electron chi connectivity index (χ4n) is 1.29. The van der Waals surface area contributed by atoms with Gasteiger partial charge in [-0.15, -0.1) is 9.42 Å². The standard InChI is InChI=1S/C5H11OP.C4H9O3P/c1-7(6)4-2-3-5-7;1-2-3-4-7-8(5)6/h2-5H2,1H3;2-4H2,1H3/p+1. The van der Waals surface area contributed by atoms with Crippen molar-refractivity contribution in [2.75, 3.05) is 25.6 Å². The van der Waals surface area contributed by atoms with E-state index in [1.165, 1.54) is 12.8 Å². The number of rotatable bonds is 4. The van der Waals surface area contributed by atoms with Gasteiger partial charge in [-0.05, 0) is 25.9 Å². The zero-order valence-corrected chi connectivity index (χ0v) is 11.3. The van der Waals surface area contributed by atoms with Crippen LogP contribution in [0.2, 0.25) is 0 Å². The van der Waals surface area contributed by atoms with E-state index in [4.69, 9.17) is 4.89 Å². The maximum atomic E-state index is 11.0. The van der Waals surface area contributed by atoms with Gasteiger partial charge in [-0.2, -0.15) is 0 Å². The van der Waals surface area contributed by atoms with E-state index in [9.17, 15) is 9.13 Å². The molecule has 1 atom stereocenters. The van der Waals surface area contributed by atoms with Crippen LogP contribution < -0.4 is 0 Å². The SMILES string of the molecule is CCCCO[P+](=O)O.CP1(=O)CCCC1. The van der Waals surface area contributed by atoms with Gasteiger partial charge < -0.3 is 4.57 Å². The molecule has 1 fully saturated rings. The highest BCUT2D eigenvalue weighted by molar-refractivity contribution is 7.63. The first-order valence-corrected chi connectivity index (χ1v) is 8.98. The predicted molar refractivity (Wildman–Crippen MR) is 63.2 cm³/mol. The van der Waals surface area contributed by atoms with Crippen molar-refractivity contribution in [1.82, 2.24) is 0 Å². The maximum Gasteiger partial charge on any atom is 0.694 e. The van der Waals surface area contributed by atoms with Crippen molar-refractivity contribution in [3.8, 4) is 0 Å². The van der Waals surface area contributed by atoms with E-state index >= 15 is 0 Å². The van der Waals surface area contributed by atoms with Gasteiger partial charge in [-0.3, -0.25) is 0 Å². The van der Waals surface area contributed by atoms with Crippen LogP contribution in [-0.4, -0.2) is 30.5 Å². The molecule has 0 radical (unpaired) electrons. The third-order valence-electron chi connectivity index (χ3n) is 2.21. The second-order valence-corrected chi connectivity index (χ2v) is 8.10. The molecule has 0 aromatic rings. The topological polar surface area (TPSA) is 63.6 Å². The summed E-state index contributed by atoms with van der Waals surface area (Å²) in [5, 5.41) is 0. The Morgan fingerprint density at radius 2 is 1.93 bits per heavy atom. The number of hydrogen-bond acceptors (Lipinski definition) is 3. The van der Waals surface area contributed by atoms with Gasteiger partial charge in [0.25, 0.3) is 0 Å². The maximum absolute atomic E-state index is 11.0. The van der Waals surface area contributed by atoms with Gasteiger partial charge in [0.15, 0.2) is 0 Å². The first-order chi connectivity index (χ1) is 6.98. The minimum absolute atomic E-state index is 0.391. The second-order valence-electron chi connectivity index (χ2n) is 3.88. The lowest BCUT2D eigenvalue weighted by molar-refractivity contribution is 0.276. The van der Waals surface area contributed by atoms with E-state index in [0.717, 1.165) is 25.2 Å². The molecule has 1 aliphatic heterocycles. The molecule has 4 nitrogen and oxygen atoms in total. The summed E-state index contributed by atoms with van der Waals surface area (Å²) < 4.78 is 25.2. The largest absolute Gasteiger partial charge is 0.694 e. The van der Waals surface area contributed by atoms with E-state index in [2.05, 4.69) is 4.52 Å². The molecule has 0 amide bonds. The van der Waals surface area contributed by atoms with E-state index < -0.39 is 15.4 Å². The normalized spacial score (nSPS) is 19.3. The second kappa shape index (κ2) is 8.41. The van der Waals surface area contributed by atoms with Gasteiger partial charge in [0.1, 0.15) is 6.61 Å². The number of hydrogen-bond donors (Lipinski definition) is 1. The van der Waals surface area contributed by atoms with E-state index in [1.54, 1.807) is 0 Å². The third kappa shape index (κ3) is 10.5. The van der Waals surface area contributed by atoms with Crippen molar-refractivity contribution < 1.29 is 18.5 Å². The van der Waals surface area contributed by atoms with Gasteiger partial charge in [-0.25, -0.2) is 0 Å². The molecule has 1 saturated heterocycles. The lowest BCUT2D eigenvalue weighted by atomic mass is 10.4. The van der Waals surface area contributed by atoms with Gasteiger partial charge in [-0.1, -0.05) is 13.3 Å². The summed E-state index contributed by atoms with van der Waals surface area (Å²) in [7, 11) is -3.91. The van der Waals surface area contributed by atoms with Crippen molar-refractivity contribution in [3.63, 3.8) is 0 Å². The summed E-state index contributed by atoms with van der Waals surface area (Å²) in [5.74, 6) is 0. The highest BCUT2D eigenvalue weighted by Crippen LogP contribution is 2.47. The fourth-order valence-corrected chi connectivity index (χ4v) is 3.59. The molecular weight excluding hydrogens is 234 g/mol. The molecule has 0 saturated carbocycles. The zero-order valence-electron chi connectivity index (χ0n) is 9.52. The lowest BCUT2D eigenvalue weighted by Crippen LogP contribution is -1.82. The molecule has 1 N–H and O–H groups in total. The monoisotopic (exact) mass is 255 g/mol. The Hall–Kier alpha value is 0.250. The minimum Gasteiger partial charge on any atom is -0.324 e. The average molecular weight is 255 g/mol. The van der Waals surface area contributed by atoms with Crippen LogP contribution in [0.15, 0.2) is 0 Å². The molecule has 15 heavy (non-hydrogen) atoms. The van der Waals surface area contributed by atoms with Crippen LogP contribution >= 0.6 is 15.4 Å².